The molecule has 2 N–H and O–H groups in total. The zero-order chi connectivity index (χ0) is 21.8. The summed E-state index contributed by atoms with van der Waals surface area (Å²) in [7, 11) is 0. The third-order valence-electron chi connectivity index (χ3n) is 4.80. The third-order valence-corrected chi connectivity index (χ3v) is 6.17. The lowest BCUT2D eigenvalue weighted by Crippen LogP contribution is -2.34. The minimum Gasteiger partial charge on any atom is -0.487 e. The van der Waals surface area contributed by atoms with Crippen LogP contribution in [0, 0.1) is 27.4 Å². The highest BCUT2D eigenvalue weighted by Gasteiger charge is 2.25. The molecule has 0 radical (unpaired) electrons. The minimum absolute atomic E-state index is 0.0275. The Balaban J connectivity index is 1.74. The number of nitriles is 1. The number of thiophene rings is 1. The summed E-state index contributed by atoms with van der Waals surface area (Å²) in [6, 6.07) is 6.20. The number of hydrogen-bond donors (Lipinski definition) is 2. The van der Waals surface area contributed by atoms with E-state index < -0.39 is 10.8 Å². The highest BCUT2D eigenvalue weighted by Crippen LogP contribution is 2.39. The fourth-order valence-electron chi connectivity index (χ4n) is 3.35. The standard InChI is InChI=1S/C20H20N4O4S2/c1-3-28-16-7-5-12(9-15(16)24(26)27)18(25)22-20(29)23-19-14(10-21)13-6-4-11(2)8-17(13)30-19/h5,7,9,11H,3-4,6,8H2,1-2H3,(H2,22,23,25,29). The highest BCUT2D eigenvalue weighted by molar-refractivity contribution is 7.80. The van der Waals surface area contributed by atoms with E-state index >= 15 is 0 Å². The van der Waals surface area contributed by atoms with Gasteiger partial charge in [-0.25, -0.2) is 0 Å². The molecule has 10 heteroatoms. The van der Waals surface area contributed by atoms with Gasteiger partial charge in [0, 0.05) is 16.5 Å². The summed E-state index contributed by atoms with van der Waals surface area (Å²) in [5.41, 5.74) is 1.40. The van der Waals surface area contributed by atoms with Crippen LogP contribution in [0.15, 0.2) is 18.2 Å². The number of benzene rings is 1. The van der Waals surface area contributed by atoms with Crippen molar-refractivity contribution in [2.75, 3.05) is 11.9 Å². The number of nitro groups is 1. The van der Waals surface area contributed by atoms with E-state index in [4.69, 9.17) is 17.0 Å². The minimum atomic E-state index is -0.602. The first-order chi connectivity index (χ1) is 14.3. The summed E-state index contributed by atoms with van der Waals surface area (Å²) in [5.74, 6) is 0.0709. The van der Waals surface area contributed by atoms with Gasteiger partial charge in [0.15, 0.2) is 10.9 Å². The molecule has 1 aliphatic carbocycles. The van der Waals surface area contributed by atoms with E-state index in [0.29, 0.717) is 16.5 Å². The summed E-state index contributed by atoms with van der Waals surface area (Å²) in [4.78, 5) is 24.3. The molecule has 30 heavy (non-hydrogen) atoms. The summed E-state index contributed by atoms with van der Waals surface area (Å²) in [5, 5.41) is 26.9. The topological polar surface area (TPSA) is 117 Å². The monoisotopic (exact) mass is 444 g/mol. The van der Waals surface area contributed by atoms with Crippen LogP contribution in [0.25, 0.3) is 0 Å². The Morgan fingerprint density at radius 1 is 1.50 bits per heavy atom. The molecule has 1 unspecified atom stereocenters. The quantitative estimate of drug-likeness (QED) is 0.403. The third kappa shape index (κ3) is 4.58. The van der Waals surface area contributed by atoms with Crippen LogP contribution in [0.1, 0.15) is 46.6 Å². The molecule has 8 nitrogen and oxygen atoms in total. The summed E-state index contributed by atoms with van der Waals surface area (Å²) in [6.07, 6.45) is 2.81. The summed E-state index contributed by atoms with van der Waals surface area (Å²) in [6.45, 7) is 4.17. The number of fused-ring (bicyclic) bond motifs is 1. The lowest BCUT2D eigenvalue weighted by Gasteiger charge is -2.17. The van der Waals surface area contributed by atoms with E-state index in [0.717, 1.165) is 30.9 Å². The van der Waals surface area contributed by atoms with Crippen LogP contribution in [0.2, 0.25) is 0 Å². The van der Waals surface area contributed by atoms with Gasteiger partial charge in [-0.05, 0) is 62.0 Å². The number of nitro benzene ring substituents is 1. The summed E-state index contributed by atoms with van der Waals surface area (Å²) >= 11 is 6.71. The number of rotatable bonds is 5. The lowest BCUT2D eigenvalue weighted by molar-refractivity contribution is -0.385. The van der Waals surface area contributed by atoms with Crippen LogP contribution in [-0.4, -0.2) is 22.5 Å². The molecular weight excluding hydrogens is 424 g/mol. The predicted molar refractivity (Wildman–Crippen MR) is 118 cm³/mol. The summed E-state index contributed by atoms with van der Waals surface area (Å²) < 4.78 is 5.23. The second kappa shape index (κ2) is 9.19. The van der Waals surface area contributed by atoms with Gasteiger partial charge in [-0.3, -0.25) is 20.2 Å². The Labute approximate surface area is 183 Å². The van der Waals surface area contributed by atoms with E-state index in [1.54, 1.807) is 6.92 Å². The predicted octanol–water partition coefficient (Wildman–Crippen LogP) is 4.18. The number of ether oxygens (including phenoxy) is 1. The van der Waals surface area contributed by atoms with Crippen molar-refractivity contribution in [3.63, 3.8) is 0 Å². The number of carbonyl (C=O) groups is 1. The number of nitrogens with zero attached hydrogens (tertiary/aromatic N) is 2. The first-order valence-corrected chi connectivity index (χ1v) is 10.6. The van der Waals surface area contributed by atoms with Crippen molar-refractivity contribution in [1.29, 1.82) is 5.26 Å². The van der Waals surface area contributed by atoms with E-state index in [1.165, 1.54) is 28.3 Å². The lowest BCUT2D eigenvalue weighted by atomic mass is 9.89. The van der Waals surface area contributed by atoms with Gasteiger partial charge in [0.2, 0.25) is 0 Å². The van der Waals surface area contributed by atoms with Gasteiger partial charge >= 0.3 is 5.69 Å². The van der Waals surface area contributed by atoms with E-state index in [-0.39, 0.29) is 28.7 Å². The zero-order valence-corrected chi connectivity index (χ0v) is 18.1. The maximum Gasteiger partial charge on any atom is 0.311 e. The maximum absolute atomic E-state index is 12.5. The molecule has 1 heterocycles. The molecule has 1 amide bonds. The average Bonchev–Trinajstić information content (AvgIpc) is 3.03. The SMILES string of the molecule is CCOc1ccc(C(=O)NC(=S)Nc2sc3c(c2C#N)CCC(C)C3)cc1[N+](=O)[O-]. The highest BCUT2D eigenvalue weighted by atomic mass is 32.1. The van der Waals surface area contributed by atoms with Crippen molar-refractivity contribution < 1.29 is 14.5 Å². The van der Waals surface area contributed by atoms with Gasteiger partial charge in [-0.15, -0.1) is 11.3 Å². The van der Waals surface area contributed by atoms with Crippen LogP contribution < -0.4 is 15.4 Å². The Kier molecular flexibility index (Phi) is 6.64. The smallest absolute Gasteiger partial charge is 0.311 e. The largest absolute Gasteiger partial charge is 0.487 e. The Morgan fingerprint density at radius 3 is 2.93 bits per heavy atom. The molecule has 1 aromatic carbocycles. The van der Waals surface area contributed by atoms with Crippen LogP contribution >= 0.6 is 23.6 Å². The van der Waals surface area contributed by atoms with Crippen molar-refractivity contribution in [3.8, 4) is 11.8 Å². The zero-order valence-electron chi connectivity index (χ0n) is 16.5. The Hall–Kier alpha value is -3.03. The fourth-order valence-corrected chi connectivity index (χ4v) is 4.97. The van der Waals surface area contributed by atoms with Crippen molar-refractivity contribution >= 4 is 45.3 Å². The molecule has 1 aromatic heterocycles. The molecule has 0 fully saturated rings. The van der Waals surface area contributed by atoms with Crippen LogP contribution in [0.5, 0.6) is 5.75 Å². The van der Waals surface area contributed by atoms with Gasteiger partial charge in [-0.2, -0.15) is 5.26 Å². The van der Waals surface area contributed by atoms with Crippen LogP contribution in [0.4, 0.5) is 10.7 Å². The number of thiocarbonyl (C=S) groups is 1. The van der Waals surface area contributed by atoms with Crippen molar-refractivity contribution in [1.82, 2.24) is 5.32 Å². The van der Waals surface area contributed by atoms with Crippen molar-refractivity contribution in [3.05, 3.63) is 49.9 Å². The van der Waals surface area contributed by atoms with Crippen molar-refractivity contribution in [2.45, 2.75) is 33.1 Å². The van der Waals surface area contributed by atoms with Gasteiger partial charge < -0.3 is 10.1 Å². The Bertz CT molecular complexity index is 1060. The number of anilines is 1. The number of nitrogens with one attached hydrogen (secondary N) is 2. The number of carbonyl (C=O) groups excluding carboxylic acids is 1. The van der Waals surface area contributed by atoms with Gasteiger partial charge in [0.05, 0.1) is 17.1 Å². The van der Waals surface area contributed by atoms with E-state index in [9.17, 15) is 20.2 Å². The molecule has 0 spiro atoms. The second-order valence-corrected chi connectivity index (χ2v) is 8.46. The first kappa shape index (κ1) is 21.7. The average molecular weight is 445 g/mol. The molecule has 3 rings (SSSR count). The molecular formula is C20H20N4O4S2. The molecule has 0 aliphatic heterocycles. The fraction of sp³-hybridized carbons (Fsp3) is 0.350. The molecule has 1 aliphatic rings. The van der Waals surface area contributed by atoms with Crippen LogP contribution in [-0.2, 0) is 12.8 Å². The van der Waals surface area contributed by atoms with Crippen molar-refractivity contribution in [2.24, 2.45) is 5.92 Å². The van der Waals surface area contributed by atoms with Gasteiger partial charge in [0.25, 0.3) is 5.91 Å². The Morgan fingerprint density at radius 2 is 2.27 bits per heavy atom. The normalized spacial score (nSPS) is 14.9. The molecule has 0 bridgehead atoms. The molecule has 0 saturated carbocycles. The molecule has 1 atom stereocenters. The first-order valence-electron chi connectivity index (χ1n) is 9.42. The molecule has 156 valence electrons. The van der Waals surface area contributed by atoms with Gasteiger partial charge in [0.1, 0.15) is 11.1 Å². The maximum atomic E-state index is 12.5. The number of amides is 1. The van der Waals surface area contributed by atoms with Gasteiger partial charge in [-0.1, -0.05) is 6.92 Å². The molecule has 2 aromatic rings. The second-order valence-electron chi connectivity index (χ2n) is 6.95. The van der Waals surface area contributed by atoms with E-state index in [2.05, 4.69) is 23.6 Å². The van der Waals surface area contributed by atoms with Crippen LogP contribution in [0.3, 0.4) is 0 Å². The molecule has 0 saturated heterocycles. The van der Waals surface area contributed by atoms with E-state index in [1.807, 2.05) is 0 Å². The number of hydrogen-bond acceptors (Lipinski definition) is 7.